The number of hydrogen-bond acceptors (Lipinski definition) is 2. The van der Waals surface area contributed by atoms with Crippen molar-refractivity contribution in [2.75, 3.05) is 0 Å². The molecule has 18 heavy (non-hydrogen) atoms. The minimum Gasteiger partial charge on any atom is -0.343 e. The first-order valence-electron chi connectivity index (χ1n) is 5.52. The molecule has 2 aromatic heterocycles. The van der Waals surface area contributed by atoms with E-state index in [1.165, 1.54) is 6.07 Å². The molecule has 0 aliphatic heterocycles. The molecule has 0 aliphatic rings. The molecule has 0 atom stereocenters. The first kappa shape index (κ1) is 12.7. The lowest BCUT2D eigenvalue weighted by molar-refractivity contribution is -0.148. The van der Waals surface area contributed by atoms with Crippen molar-refractivity contribution in [1.29, 1.82) is 0 Å². The summed E-state index contributed by atoms with van der Waals surface area (Å²) in [6.07, 6.45) is -4.21. The van der Waals surface area contributed by atoms with Crippen LogP contribution in [0, 0.1) is 6.92 Å². The predicted octanol–water partition coefficient (Wildman–Crippen LogP) is 2.46. The highest BCUT2D eigenvalue weighted by molar-refractivity contribution is 5.75. The quantitative estimate of drug-likeness (QED) is 0.900. The minimum atomic E-state index is -4.64. The molecule has 0 aliphatic carbocycles. The fraction of sp³-hybridized carbons (Fsp3) is 0.455. The standard InChI is InChI=1S/C11H12F3N3O/c1-3-4-17-9(18)7-5-6(2)15-8(7)16-10(17)11(12,13)14/h5,15H,3-4H2,1-2H3. The Morgan fingerprint density at radius 2 is 2.11 bits per heavy atom. The van der Waals surface area contributed by atoms with Crippen LogP contribution in [-0.4, -0.2) is 14.5 Å². The lowest BCUT2D eigenvalue weighted by Gasteiger charge is -2.13. The normalized spacial score (nSPS) is 12.3. The van der Waals surface area contributed by atoms with E-state index in [1.807, 2.05) is 0 Å². The Morgan fingerprint density at radius 1 is 1.44 bits per heavy atom. The molecule has 0 aromatic carbocycles. The second-order valence-corrected chi connectivity index (χ2v) is 4.10. The van der Waals surface area contributed by atoms with E-state index in [-0.39, 0.29) is 17.6 Å². The van der Waals surface area contributed by atoms with Crippen LogP contribution in [0.4, 0.5) is 13.2 Å². The summed E-state index contributed by atoms with van der Waals surface area (Å²) in [4.78, 5) is 18.2. The van der Waals surface area contributed by atoms with Crippen LogP contribution in [0.25, 0.3) is 11.0 Å². The van der Waals surface area contributed by atoms with Crippen molar-refractivity contribution >= 4 is 11.0 Å². The summed E-state index contributed by atoms with van der Waals surface area (Å²) in [5.74, 6) is -1.15. The van der Waals surface area contributed by atoms with Gasteiger partial charge in [0.05, 0.1) is 5.39 Å². The van der Waals surface area contributed by atoms with Gasteiger partial charge in [-0.3, -0.25) is 9.36 Å². The molecule has 7 heteroatoms. The van der Waals surface area contributed by atoms with Crippen LogP contribution in [0.1, 0.15) is 24.9 Å². The van der Waals surface area contributed by atoms with Gasteiger partial charge in [0.15, 0.2) is 0 Å². The average Bonchev–Trinajstić information content (AvgIpc) is 2.62. The summed E-state index contributed by atoms with van der Waals surface area (Å²) in [5.41, 5.74) is -0.0623. The van der Waals surface area contributed by atoms with Crippen LogP contribution in [0.15, 0.2) is 10.9 Å². The summed E-state index contributed by atoms with van der Waals surface area (Å²) in [5, 5.41) is 0.189. The summed E-state index contributed by atoms with van der Waals surface area (Å²) < 4.78 is 39.2. The number of nitrogens with one attached hydrogen (secondary N) is 1. The SMILES string of the molecule is CCCn1c(C(F)(F)F)nc2[nH]c(C)cc2c1=O. The smallest absolute Gasteiger partial charge is 0.343 e. The van der Waals surface area contributed by atoms with Crippen molar-refractivity contribution in [3.8, 4) is 0 Å². The zero-order valence-electron chi connectivity index (χ0n) is 9.93. The van der Waals surface area contributed by atoms with E-state index < -0.39 is 17.6 Å². The van der Waals surface area contributed by atoms with E-state index in [9.17, 15) is 18.0 Å². The highest BCUT2D eigenvalue weighted by Crippen LogP contribution is 2.28. The zero-order valence-corrected chi connectivity index (χ0v) is 9.93. The highest BCUT2D eigenvalue weighted by Gasteiger charge is 2.37. The number of H-pyrrole nitrogens is 1. The van der Waals surface area contributed by atoms with Gasteiger partial charge in [0.2, 0.25) is 5.82 Å². The van der Waals surface area contributed by atoms with Crippen LogP contribution in [-0.2, 0) is 12.7 Å². The number of alkyl halides is 3. The van der Waals surface area contributed by atoms with Crippen LogP contribution < -0.4 is 5.56 Å². The topological polar surface area (TPSA) is 50.7 Å². The van der Waals surface area contributed by atoms with Gasteiger partial charge in [-0.1, -0.05) is 6.92 Å². The number of aromatic amines is 1. The summed E-state index contributed by atoms with van der Waals surface area (Å²) in [6, 6.07) is 1.51. The number of aromatic nitrogens is 3. The van der Waals surface area contributed by atoms with E-state index >= 15 is 0 Å². The Kier molecular flexibility index (Phi) is 2.92. The number of halogens is 3. The van der Waals surface area contributed by atoms with E-state index in [4.69, 9.17) is 0 Å². The molecule has 0 amide bonds. The van der Waals surface area contributed by atoms with Crippen LogP contribution in [0.3, 0.4) is 0 Å². The lowest BCUT2D eigenvalue weighted by atomic mass is 10.3. The van der Waals surface area contributed by atoms with Crippen molar-refractivity contribution < 1.29 is 13.2 Å². The van der Waals surface area contributed by atoms with Gasteiger partial charge in [-0.15, -0.1) is 0 Å². The number of nitrogens with zero attached hydrogens (tertiary/aromatic N) is 2. The monoisotopic (exact) mass is 259 g/mol. The third-order valence-electron chi connectivity index (χ3n) is 2.58. The third kappa shape index (κ3) is 2.00. The molecule has 2 heterocycles. The minimum absolute atomic E-state index is 0.000838. The number of rotatable bonds is 2. The Labute approximate surface area is 100 Å². The Morgan fingerprint density at radius 3 is 2.67 bits per heavy atom. The predicted molar refractivity (Wildman–Crippen MR) is 60.4 cm³/mol. The molecule has 0 bridgehead atoms. The van der Waals surface area contributed by atoms with Crippen molar-refractivity contribution in [1.82, 2.24) is 14.5 Å². The molecule has 0 fully saturated rings. The Balaban J connectivity index is 2.83. The molecule has 0 saturated carbocycles. The maximum absolute atomic E-state index is 12.9. The largest absolute Gasteiger partial charge is 0.449 e. The van der Waals surface area contributed by atoms with E-state index in [0.717, 1.165) is 0 Å². The summed E-state index contributed by atoms with van der Waals surface area (Å²) in [7, 11) is 0. The molecular formula is C11H12F3N3O. The molecule has 4 nitrogen and oxygen atoms in total. The summed E-state index contributed by atoms with van der Waals surface area (Å²) >= 11 is 0. The maximum Gasteiger partial charge on any atom is 0.449 e. The molecule has 0 saturated heterocycles. The van der Waals surface area contributed by atoms with Crippen LogP contribution in [0.5, 0.6) is 0 Å². The van der Waals surface area contributed by atoms with E-state index in [0.29, 0.717) is 16.7 Å². The number of aryl methyl sites for hydroxylation is 1. The molecule has 2 aromatic rings. The molecule has 2 rings (SSSR count). The molecular weight excluding hydrogens is 247 g/mol. The van der Waals surface area contributed by atoms with Crippen molar-refractivity contribution in [2.45, 2.75) is 33.0 Å². The maximum atomic E-state index is 12.9. The first-order chi connectivity index (χ1) is 8.34. The number of hydrogen-bond donors (Lipinski definition) is 1. The van der Waals surface area contributed by atoms with Crippen molar-refractivity contribution in [3.05, 3.63) is 27.9 Å². The molecule has 98 valence electrons. The van der Waals surface area contributed by atoms with Gasteiger partial charge in [0.25, 0.3) is 5.56 Å². The van der Waals surface area contributed by atoms with Gasteiger partial charge in [-0.25, -0.2) is 4.98 Å². The first-order valence-corrected chi connectivity index (χ1v) is 5.52. The fourth-order valence-corrected chi connectivity index (χ4v) is 1.88. The molecule has 0 unspecified atom stereocenters. The second kappa shape index (κ2) is 4.15. The average molecular weight is 259 g/mol. The molecule has 0 radical (unpaired) electrons. The van der Waals surface area contributed by atoms with Gasteiger partial charge >= 0.3 is 6.18 Å². The molecule has 0 spiro atoms. The van der Waals surface area contributed by atoms with E-state index in [2.05, 4.69) is 9.97 Å². The van der Waals surface area contributed by atoms with Crippen LogP contribution in [0.2, 0.25) is 0 Å². The fourth-order valence-electron chi connectivity index (χ4n) is 1.88. The van der Waals surface area contributed by atoms with Gasteiger partial charge in [0.1, 0.15) is 5.65 Å². The third-order valence-corrected chi connectivity index (χ3v) is 2.58. The summed E-state index contributed by atoms with van der Waals surface area (Å²) in [6.45, 7) is 3.37. The highest BCUT2D eigenvalue weighted by atomic mass is 19.4. The van der Waals surface area contributed by atoms with Crippen LogP contribution >= 0.6 is 0 Å². The van der Waals surface area contributed by atoms with Crippen molar-refractivity contribution in [2.24, 2.45) is 0 Å². The van der Waals surface area contributed by atoms with Gasteiger partial charge in [0, 0.05) is 12.2 Å². The van der Waals surface area contributed by atoms with Crippen molar-refractivity contribution in [3.63, 3.8) is 0 Å². The zero-order chi connectivity index (χ0) is 13.5. The Hall–Kier alpha value is -1.79. The second-order valence-electron chi connectivity index (χ2n) is 4.10. The van der Waals surface area contributed by atoms with E-state index in [1.54, 1.807) is 13.8 Å². The Bertz CT molecular complexity index is 639. The van der Waals surface area contributed by atoms with Gasteiger partial charge in [-0.05, 0) is 19.4 Å². The van der Waals surface area contributed by atoms with Gasteiger partial charge in [-0.2, -0.15) is 13.2 Å². The molecule has 1 N–H and O–H groups in total. The lowest BCUT2D eigenvalue weighted by Crippen LogP contribution is -2.29. The number of fused-ring (bicyclic) bond motifs is 1. The van der Waals surface area contributed by atoms with Gasteiger partial charge < -0.3 is 4.98 Å².